The van der Waals surface area contributed by atoms with E-state index >= 15 is 0 Å². The zero-order valence-corrected chi connectivity index (χ0v) is 11.2. The van der Waals surface area contributed by atoms with E-state index in [1.54, 1.807) is 0 Å². The first-order valence-electron chi connectivity index (χ1n) is 6.32. The van der Waals surface area contributed by atoms with E-state index < -0.39 is 0 Å². The first-order chi connectivity index (χ1) is 8.13. The van der Waals surface area contributed by atoms with Gasteiger partial charge in [-0.2, -0.15) is 0 Å². The highest BCUT2D eigenvalue weighted by Crippen LogP contribution is 2.29. The van der Waals surface area contributed by atoms with Gasteiger partial charge in [0.1, 0.15) is 0 Å². The first-order valence-corrected chi connectivity index (χ1v) is 6.32. The third-order valence-electron chi connectivity index (χ3n) is 3.61. The largest absolute Gasteiger partial charge is 0.465 e. The van der Waals surface area contributed by atoms with Gasteiger partial charge in [-0.3, -0.25) is 0 Å². The van der Waals surface area contributed by atoms with Crippen LogP contribution in [0.4, 0.5) is 0 Å². The van der Waals surface area contributed by atoms with Gasteiger partial charge in [0.05, 0.1) is 12.7 Å². The predicted octanol–water partition coefficient (Wildman–Crippen LogP) is 4.01. The lowest BCUT2D eigenvalue weighted by atomic mass is 9.84. The molecule has 0 saturated heterocycles. The molecule has 17 heavy (non-hydrogen) atoms. The quantitative estimate of drug-likeness (QED) is 0.719. The van der Waals surface area contributed by atoms with Crippen LogP contribution in [0.3, 0.4) is 0 Å². The van der Waals surface area contributed by atoms with Crippen LogP contribution in [0.1, 0.15) is 55.5 Å². The van der Waals surface area contributed by atoms with Gasteiger partial charge >= 0.3 is 5.97 Å². The summed E-state index contributed by atoms with van der Waals surface area (Å²) in [5.74, 6) is 0.974. The van der Waals surface area contributed by atoms with Crippen molar-refractivity contribution in [3.8, 4) is 0 Å². The number of ether oxygens (including phenoxy) is 1. The summed E-state index contributed by atoms with van der Waals surface area (Å²) in [5.41, 5.74) is 1.92. The molecule has 0 heterocycles. The Hall–Kier alpha value is -1.31. The molecule has 1 rings (SSSR count). The van der Waals surface area contributed by atoms with Crippen LogP contribution in [0.15, 0.2) is 24.3 Å². The van der Waals surface area contributed by atoms with E-state index in [4.69, 9.17) is 0 Å². The second-order valence-electron chi connectivity index (χ2n) is 4.48. The monoisotopic (exact) mass is 234 g/mol. The molecule has 1 aromatic carbocycles. The summed E-state index contributed by atoms with van der Waals surface area (Å²) < 4.78 is 4.69. The van der Waals surface area contributed by atoms with Crippen molar-refractivity contribution in [2.24, 2.45) is 5.92 Å². The Bertz CT molecular complexity index is 350. The third-order valence-corrected chi connectivity index (χ3v) is 3.61. The molecule has 0 N–H and O–H groups in total. The van der Waals surface area contributed by atoms with E-state index in [1.807, 2.05) is 24.3 Å². The van der Waals surface area contributed by atoms with Crippen molar-refractivity contribution in [2.45, 2.75) is 39.5 Å². The fourth-order valence-corrected chi connectivity index (χ4v) is 2.31. The molecule has 1 atom stereocenters. The third kappa shape index (κ3) is 3.32. The molecular formula is C15H22O2. The molecule has 1 aromatic rings. The normalized spacial score (nSPS) is 12.5. The number of hydrogen-bond donors (Lipinski definition) is 0. The van der Waals surface area contributed by atoms with Gasteiger partial charge in [0, 0.05) is 0 Å². The molecule has 94 valence electrons. The first kappa shape index (κ1) is 13.8. The molecule has 0 amide bonds. The molecule has 0 unspecified atom stereocenters. The second-order valence-corrected chi connectivity index (χ2v) is 4.48. The van der Waals surface area contributed by atoms with Crippen LogP contribution in [-0.2, 0) is 4.74 Å². The Balaban J connectivity index is 2.83. The molecule has 0 saturated carbocycles. The van der Waals surface area contributed by atoms with Gasteiger partial charge in [-0.1, -0.05) is 45.7 Å². The maximum Gasteiger partial charge on any atom is 0.337 e. The Kier molecular flexibility index (Phi) is 5.20. The van der Waals surface area contributed by atoms with Crippen molar-refractivity contribution < 1.29 is 9.53 Å². The molecule has 0 fully saturated rings. The zero-order chi connectivity index (χ0) is 12.8. The minimum Gasteiger partial charge on any atom is -0.465 e. The maximum absolute atomic E-state index is 11.3. The molecule has 0 radical (unpaired) electrons. The summed E-state index contributed by atoms with van der Waals surface area (Å²) in [6, 6.07) is 7.77. The van der Waals surface area contributed by atoms with E-state index in [9.17, 15) is 4.79 Å². The summed E-state index contributed by atoms with van der Waals surface area (Å²) in [5, 5.41) is 0. The minimum atomic E-state index is -0.272. The number of rotatable bonds is 5. The lowest BCUT2D eigenvalue weighted by Crippen LogP contribution is -2.08. The van der Waals surface area contributed by atoms with E-state index in [0.29, 0.717) is 17.4 Å². The topological polar surface area (TPSA) is 26.3 Å². The number of carbonyl (C=O) groups is 1. The summed E-state index contributed by atoms with van der Waals surface area (Å²) in [6.45, 7) is 6.71. The average Bonchev–Trinajstić information content (AvgIpc) is 2.39. The molecule has 0 aromatic heterocycles. The highest BCUT2D eigenvalue weighted by molar-refractivity contribution is 5.89. The Labute approximate surface area is 104 Å². The molecule has 0 spiro atoms. The van der Waals surface area contributed by atoms with E-state index in [2.05, 4.69) is 25.5 Å². The Morgan fingerprint density at radius 3 is 2.12 bits per heavy atom. The fraction of sp³-hybridized carbons (Fsp3) is 0.533. The molecule has 2 heteroatoms. The predicted molar refractivity (Wildman–Crippen MR) is 70.3 cm³/mol. The van der Waals surface area contributed by atoms with Crippen LogP contribution in [0.5, 0.6) is 0 Å². The van der Waals surface area contributed by atoms with Gasteiger partial charge in [-0.05, 0) is 29.5 Å². The maximum atomic E-state index is 11.3. The van der Waals surface area contributed by atoms with Crippen molar-refractivity contribution >= 4 is 5.97 Å². The van der Waals surface area contributed by atoms with Crippen molar-refractivity contribution in [3.05, 3.63) is 35.4 Å². The van der Waals surface area contributed by atoms with Gasteiger partial charge in [0.15, 0.2) is 0 Å². The number of esters is 1. The molecule has 0 bridgehead atoms. The number of carbonyl (C=O) groups excluding carboxylic acids is 1. The van der Waals surface area contributed by atoms with Crippen LogP contribution in [0.2, 0.25) is 0 Å². The van der Waals surface area contributed by atoms with E-state index in [1.165, 1.54) is 25.5 Å². The van der Waals surface area contributed by atoms with Crippen LogP contribution in [-0.4, -0.2) is 13.1 Å². The summed E-state index contributed by atoms with van der Waals surface area (Å²) in [4.78, 5) is 11.3. The van der Waals surface area contributed by atoms with Crippen molar-refractivity contribution in [3.63, 3.8) is 0 Å². The number of hydrogen-bond acceptors (Lipinski definition) is 2. The van der Waals surface area contributed by atoms with Gasteiger partial charge < -0.3 is 4.74 Å². The molecule has 0 aliphatic heterocycles. The van der Waals surface area contributed by atoms with Crippen LogP contribution >= 0.6 is 0 Å². The van der Waals surface area contributed by atoms with Gasteiger partial charge in [-0.25, -0.2) is 4.79 Å². The van der Waals surface area contributed by atoms with Crippen LogP contribution < -0.4 is 0 Å². The average molecular weight is 234 g/mol. The zero-order valence-electron chi connectivity index (χ0n) is 11.2. The molecule has 2 nitrogen and oxygen atoms in total. The lowest BCUT2D eigenvalue weighted by molar-refractivity contribution is 0.0600. The molecule has 0 aliphatic carbocycles. The Morgan fingerprint density at radius 1 is 1.18 bits per heavy atom. The smallest absolute Gasteiger partial charge is 0.337 e. The van der Waals surface area contributed by atoms with E-state index in [-0.39, 0.29) is 5.97 Å². The lowest BCUT2D eigenvalue weighted by Gasteiger charge is -2.21. The second kappa shape index (κ2) is 6.43. The van der Waals surface area contributed by atoms with Crippen LogP contribution in [0, 0.1) is 5.92 Å². The SMILES string of the molecule is CCC(CC)[C@@H](C)c1ccc(C(=O)OC)cc1. The van der Waals surface area contributed by atoms with E-state index in [0.717, 1.165) is 0 Å². The van der Waals surface area contributed by atoms with Crippen molar-refractivity contribution in [1.29, 1.82) is 0 Å². The summed E-state index contributed by atoms with van der Waals surface area (Å²) >= 11 is 0. The van der Waals surface area contributed by atoms with Gasteiger partial charge in [-0.15, -0.1) is 0 Å². The number of methoxy groups -OCH3 is 1. The Morgan fingerprint density at radius 2 is 1.71 bits per heavy atom. The highest BCUT2D eigenvalue weighted by atomic mass is 16.5. The van der Waals surface area contributed by atoms with Crippen molar-refractivity contribution in [1.82, 2.24) is 0 Å². The summed E-state index contributed by atoms with van der Waals surface area (Å²) in [6.07, 6.45) is 2.38. The fourth-order valence-electron chi connectivity index (χ4n) is 2.31. The molecular weight excluding hydrogens is 212 g/mol. The van der Waals surface area contributed by atoms with Gasteiger partial charge in [0.2, 0.25) is 0 Å². The molecule has 0 aliphatic rings. The minimum absolute atomic E-state index is 0.272. The van der Waals surface area contributed by atoms with Crippen LogP contribution in [0.25, 0.3) is 0 Å². The standard InChI is InChI=1S/C15H22O2/c1-5-12(6-2)11(3)13-7-9-14(10-8-13)15(16)17-4/h7-12H,5-6H2,1-4H3/t11-/m1/s1. The highest BCUT2D eigenvalue weighted by Gasteiger charge is 2.15. The van der Waals surface area contributed by atoms with Crippen molar-refractivity contribution in [2.75, 3.05) is 7.11 Å². The summed E-state index contributed by atoms with van der Waals surface area (Å²) in [7, 11) is 1.41. The number of benzene rings is 1. The van der Waals surface area contributed by atoms with Gasteiger partial charge in [0.25, 0.3) is 0 Å².